The SMILES string of the molecule is CCOC(=O)c1cn(-c2ccc3c(c2)CCC3)c2nc(N(c3ccccc3)N3CCNCC3)ncc2c1=O. The van der Waals surface area contributed by atoms with Crippen LogP contribution in [0.5, 0.6) is 0 Å². The normalized spacial score (nSPS) is 15.4. The predicted molar refractivity (Wildman–Crippen MR) is 146 cm³/mol. The molecule has 38 heavy (non-hydrogen) atoms. The number of hydrazine groups is 1. The lowest BCUT2D eigenvalue weighted by Gasteiger charge is -2.37. The molecule has 2 aliphatic rings. The Balaban J connectivity index is 1.56. The number of aryl methyl sites for hydroxylation is 2. The molecular formula is C29H30N6O3. The predicted octanol–water partition coefficient (Wildman–Crippen LogP) is 3.40. The van der Waals surface area contributed by atoms with E-state index < -0.39 is 11.4 Å². The van der Waals surface area contributed by atoms with Crippen molar-refractivity contribution in [1.82, 2.24) is 24.9 Å². The van der Waals surface area contributed by atoms with Crippen molar-refractivity contribution in [2.75, 3.05) is 37.8 Å². The number of carbonyl (C=O) groups is 1. The van der Waals surface area contributed by atoms with Gasteiger partial charge in [0, 0.05) is 44.3 Å². The first kappa shape index (κ1) is 24.3. The summed E-state index contributed by atoms with van der Waals surface area (Å²) in [5.41, 5.74) is 4.39. The first-order chi connectivity index (χ1) is 18.6. The minimum absolute atomic E-state index is 0.0294. The molecule has 9 nitrogen and oxygen atoms in total. The molecule has 9 heteroatoms. The van der Waals surface area contributed by atoms with E-state index in [0.717, 1.165) is 56.8 Å². The van der Waals surface area contributed by atoms with Gasteiger partial charge in [-0.15, -0.1) is 0 Å². The van der Waals surface area contributed by atoms with Crippen molar-refractivity contribution >= 4 is 28.6 Å². The molecule has 6 rings (SSSR count). The molecule has 0 atom stereocenters. The Bertz CT molecular complexity index is 1550. The van der Waals surface area contributed by atoms with Gasteiger partial charge in [0.15, 0.2) is 5.65 Å². The molecule has 0 radical (unpaired) electrons. The maximum absolute atomic E-state index is 13.4. The number of nitrogens with zero attached hydrogens (tertiary/aromatic N) is 5. The summed E-state index contributed by atoms with van der Waals surface area (Å²) < 4.78 is 7.03. The standard InChI is InChI=1S/C29H30N6O3/c1-2-38-28(37)25-19-34(23-12-11-20-7-6-8-21(20)17-23)27-24(26(25)36)18-31-29(32-27)35(22-9-4-3-5-10-22)33-15-13-30-14-16-33/h3-5,9-12,17-19,30H,2,6-8,13-16H2,1H3. The minimum atomic E-state index is -0.648. The van der Waals surface area contributed by atoms with E-state index in [1.165, 1.54) is 17.3 Å². The van der Waals surface area contributed by atoms with Crippen molar-refractivity contribution in [3.05, 3.63) is 87.8 Å². The van der Waals surface area contributed by atoms with E-state index >= 15 is 0 Å². The number of rotatable bonds is 6. The van der Waals surface area contributed by atoms with Gasteiger partial charge in [-0.05, 0) is 61.6 Å². The number of hydrogen-bond acceptors (Lipinski definition) is 8. The largest absolute Gasteiger partial charge is 0.462 e. The summed E-state index contributed by atoms with van der Waals surface area (Å²) in [6.07, 6.45) is 6.30. The van der Waals surface area contributed by atoms with E-state index in [0.29, 0.717) is 11.6 Å². The van der Waals surface area contributed by atoms with Gasteiger partial charge < -0.3 is 14.6 Å². The van der Waals surface area contributed by atoms with E-state index in [2.05, 4.69) is 27.4 Å². The minimum Gasteiger partial charge on any atom is -0.462 e. The lowest BCUT2D eigenvalue weighted by Crippen LogP contribution is -2.51. The van der Waals surface area contributed by atoms with Crippen molar-refractivity contribution in [3.63, 3.8) is 0 Å². The van der Waals surface area contributed by atoms with E-state index in [-0.39, 0.29) is 17.6 Å². The van der Waals surface area contributed by atoms with Gasteiger partial charge in [-0.2, -0.15) is 4.98 Å². The van der Waals surface area contributed by atoms with Crippen LogP contribution in [0, 0.1) is 0 Å². The van der Waals surface area contributed by atoms with Gasteiger partial charge in [0.25, 0.3) is 0 Å². The summed E-state index contributed by atoms with van der Waals surface area (Å²) in [6.45, 7) is 5.17. The number of benzene rings is 2. The summed E-state index contributed by atoms with van der Waals surface area (Å²) in [4.78, 5) is 35.8. The van der Waals surface area contributed by atoms with Gasteiger partial charge >= 0.3 is 5.97 Å². The smallest absolute Gasteiger partial charge is 0.343 e. The first-order valence-corrected chi connectivity index (χ1v) is 13.2. The highest BCUT2D eigenvalue weighted by atomic mass is 16.5. The summed E-state index contributed by atoms with van der Waals surface area (Å²) in [6, 6.07) is 16.3. The average Bonchev–Trinajstić information content (AvgIpc) is 3.43. The van der Waals surface area contributed by atoms with Gasteiger partial charge in [0.1, 0.15) is 5.56 Å². The molecule has 194 valence electrons. The lowest BCUT2D eigenvalue weighted by molar-refractivity contribution is 0.0524. The zero-order chi connectivity index (χ0) is 26.1. The molecule has 1 saturated heterocycles. The Labute approximate surface area is 220 Å². The van der Waals surface area contributed by atoms with Crippen LogP contribution in [0.25, 0.3) is 16.7 Å². The number of hydrogen-bond donors (Lipinski definition) is 1. The van der Waals surface area contributed by atoms with Crippen molar-refractivity contribution < 1.29 is 9.53 Å². The third-order valence-electron chi connectivity index (χ3n) is 7.15. The van der Waals surface area contributed by atoms with Crippen LogP contribution in [0.15, 0.2) is 65.7 Å². The van der Waals surface area contributed by atoms with Crippen LogP contribution < -0.4 is 15.8 Å². The Morgan fingerprint density at radius 2 is 1.87 bits per heavy atom. The van der Waals surface area contributed by atoms with Crippen molar-refractivity contribution in [2.45, 2.75) is 26.2 Å². The van der Waals surface area contributed by atoms with Crippen molar-refractivity contribution in [1.29, 1.82) is 0 Å². The fourth-order valence-electron chi connectivity index (χ4n) is 5.29. The van der Waals surface area contributed by atoms with E-state index in [9.17, 15) is 9.59 Å². The number of para-hydroxylation sites is 1. The molecule has 2 aromatic heterocycles. The van der Waals surface area contributed by atoms with Crippen molar-refractivity contribution in [2.24, 2.45) is 0 Å². The van der Waals surface area contributed by atoms with Crippen LogP contribution in [0.4, 0.5) is 11.6 Å². The quantitative estimate of drug-likeness (QED) is 0.395. The van der Waals surface area contributed by atoms with Crippen LogP contribution in [0.3, 0.4) is 0 Å². The highest BCUT2D eigenvalue weighted by molar-refractivity contribution is 5.93. The molecule has 1 fully saturated rings. The van der Waals surface area contributed by atoms with Crippen molar-refractivity contribution in [3.8, 4) is 5.69 Å². The number of piperazine rings is 1. The zero-order valence-corrected chi connectivity index (χ0v) is 21.4. The highest BCUT2D eigenvalue weighted by Gasteiger charge is 2.25. The zero-order valence-electron chi connectivity index (χ0n) is 21.4. The van der Waals surface area contributed by atoms with E-state index in [1.807, 2.05) is 46.0 Å². The van der Waals surface area contributed by atoms with Gasteiger partial charge in [-0.1, -0.05) is 24.3 Å². The second kappa shape index (κ2) is 10.4. The fraction of sp³-hybridized carbons (Fsp3) is 0.310. The van der Waals surface area contributed by atoms with Crippen LogP contribution in [-0.2, 0) is 17.6 Å². The van der Waals surface area contributed by atoms with Gasteiger partial charge in [-0.3, -0.25) is 4.79 Å². The number of fused-ring (bicyclic) bond motifs is 2. The summed E-state index contributed by atoms with van der Waals surface area (Å²) in [7, 11) is 0. The number of ether oxygens (including phenoxy) is 1. The monoisotopic (exact) mass is 510 g/mol. The second-order valence-electron chi connectivity index (χ2n) is 9.53. The molecule has 1 N–H and O–H groups in total. The number of anilines is 2. The number of pyridine rings is 1. The Hall–Kier alpha value is -4.08. The van der Waals surface area contributed by atoms with Crippen LogP contribution in [-0.4, -0.2) is 58.3 Å². The van der Waals surface area contributed by atoms with Crippen LogP contribution in [0.2, 0.25) is 0 Å². The molecule has 0 unspecified atom stereocenters. The number of esters is 1. The van der Waals surface area contributed by atoms with Gasteiger partial charge in [0.05, 0.1) is 17.7 Å². The fourth-order valence-corrected chi connectivity index (χ4v) is 5.29. The molecule has 0 spiro atoms. The Kier molecular flexibility index (Phi) is 6.61. The van der Waals surface area contributed by atoms with Crippen LogP contribution in [0.1, 0.15) is 34.8 Å². The molecule has 0 amide bonds. The summed E-state index contributed by atoms with van der Waals surface area (Å²) in [5.74, 6) is -0.186. The summed E-state index contributed by atoms with van der Waals surface area (Å²) >= 11 is 0. The second-order valence-corrected chi connectivity index (χ2v) is 9.53. The number of carbonyl (C=O) groups excluding carboxylic acids is 1. The molecule has 1 aliphatic carbocycles. The molecule has 2 aromatic carbocycles. The maximum atomic E-state index is 13.4. The molecule has 4 aromatic rings. The Morgan fingerprint density at radius 3 is 2.66 bits per heavy atom. The number of aromatic nitrogens is 3. The van der Waals surface area contributed by atoms with E-state index in [4.69, 9.17) is 9.72 Å². The first-order valence-electron chi connectivity index (χ1n) is 13.2. The molecule has 0 saturated carbocycles. The third kappa shape index (κ3) is 4.44. The Morgan fingerprint density at radius 1 is 1.08 bits per heavy atom. The number of nitrogens with one attached hydrogen (secondary N) is 1. The molecule has 0 bridgehead atoms. The molecule has 3 heterocycles. The topological polar surface area (TPSA) is 92.6 Å². The molecule has 1 aliphatic heterocycles. The maximum Gasteiger partial charge on any atom is 0.343 e. The lowest BCUT2D eigenvalue weighted by atomic mass is 10.1. The average molecular weight is 511 g/mol. The van der Waals surface area contributed by atoms with Gasteiger partial charge in [0.2, 0.25) is 11.4 Å². The summed E-state index contributed by atoms with van der Waals surface area (Å²) in [5, 5.41) is 7.88. The van der Waals surface area contributed by atoms with E-state index in [1.54, 1.807) is 13.1 Å². The highest BCUT2D eigenvalue weighted by Crippen LogP contribution is 2.28. The van der Waals surface area contributed by atoms with Crippen LogP contribution >= 0.6 is 0 Å². The third-order valence-corrected chi connectivity index (χ3v) is 7.15. The molecular weight excluding hydrogens is 480 g/mol. The van der Waals surface area contributed by atoms with Gasteiger partial charge in [-0.25, -0.2) is 19.8 Å².